The molecule has 2 atom stereocenters. The number of nitrogens with zero attached hydrogens (tertiary/aromatic N) is 1. The van der Waals surface area contributed by atoms with Gasteiger partial charge in [-0.2, -0.15) is 0 Å². The van der Waals surface area contributed by atoms with E-state index in [2.05, 4.69) is 24.1 Å². The van der Waals surface area contributed by atoms with E-state index in [9.17, 15) is 0 Å². The molecule has 0 aromatic rings. The Bertz CT molecular complexity index is 231. The molecule has 3 nitrogen and oxygen atoms in total. The summed E-state index contributed by atoms with van der Waals surface area (Å²) in [6, 6.07) is 0.574. The van der Waals surface area contributed by atoms with E-state index in [-0.39, 0.29) is 0 Å². The number of ether oxygens (including phenoxy) is 1. The Morgan fingerprint density at radius 1 is 1.33 bits per heavy atom. The summed E-state index contributed by atoms with van der Waals surface area (Å²) in [5, 5.41) is 3.73. The highest BCUT2D eigenvalue weighted by atomic mass is 16.5. The van der Waals surface area contributed by atoms with Crippen LogP contribution in [0.25, 0.3) is 0 Å². The third-order valence-corrected chi connectivity index (χ3v) is 4.54. The van der Waals surface area contributed by atoms with Crippen LogP contribution in [0.4, 0.5) is 0 Å². The first-order chi connectivity index (χ1) is 8.83. The highest BCUT2D eigenvalue weighted by Crippen LogP contribution is 2.31. The number of rotatable bonds is 7. The van der Waals surface area contributed by atoms with Gasteiger partial charge in [0.25, 0.3) is 0 Å². The normalized spacial score (nSPS) is 28.0. The Hall–Kier alpha value is -0.120. The third-order valence-electron chi connectivity index (χ3n) is 4.54. The van der Waals surface area contributed by atoms with Gasteiger partial charge in [0, 0.05) is 19.1 Å². The van der Waals surface area contributed by atoms with Crippen molar-refractivity contribution in [3.8, 4) is 0 Å². The summed E-state index contributed by atoms with van der Waals surface area (Å²) in [5.41, 5.74) is 0. The molecule has 2 rings (SSSR count). The molecule has 18 heavy (non-hydrogen) atoms. The fraction of sp³-hybridized carbons (Fsp3) is 1.00. The zero-order chi connectivity index (χ0) is 12.8. The lowest BCUT2D eigenvalue weighted by Gasteiger charge is -2.39. The lowest BCUT2D eigenvalue weighted by atomic mass is 9.79. The molecule has 1 heterocycles. The standard InChI is InChI=1S/C15H30N2O/c1-3-8-16-14(11-13-6-5-7-13)15-12-17(4-2)9-10-18-15/h13-16H,3-12H2,1-2H3. The van der Waals surface area contributed by atoms with Crippen LogP contribution < -0.4 is 5.32 Å². The minimum Gasteiger partial charge on any atom is -0.374 e. The summed E-state index contributed by atoms with van der Waals surface area (Å²) in [7, 11) is 0. The van der Waals surface area contributed by atoms with Crippen LogP contribution in [-0.2, 0) is 4.74 Å². The van der Waals surface area contributed by atoms with E-state index >= 15 is 0 Å². The maximum Gasteiger partial charge on any atom is 0.0855 e. The molecular weight excluding hydrogens is 224 g/mol. The number of hydrogen-bond acceptors (Lipinski definition) is 3. The molecule has 1 aliphatic carbocycles. The molecule has 0 amide bonds. The zero-order valence-corrected chi connectivity index (χ0v) is 12.2. The number of nitrogens with one attached hydrogen (secondary N) is 1. The predicted octanol–water partition coefficient (Wildman–Crippen LogP) is 2.27. The van der Waals surface area contributed by atoms with Gasteiger partial charge in [0.1, 0.15) is 0 Å². The minimum atomic E-state index is 0.408. The van der Waals surface area contributed by atoms with Crippen molar-refractivity contribution in [3.63, 3.8) is 0 Å². The van der Waals surface area contributed by atoms with Crippen molar-refractivity contribution in [1.82, 2.24) is 10.2 Å². The Labute approximate surface area is 112 Å². The van der Waals surface area contributed by atoms with Crippen LogP contribution in [0.15, 0.2) is 0 Å². The van der Waals surface area contributed by atoms with E-state index in [1.807, 2.05) is 0 Å². The van der Waals surface area contributed by atoms with Gasteiger partial charge in [-0.1, -0.05) is 33.1 Å². The molecule has 0 spiro atoms. The van der Waals surface area contributed by atoms with Gasteiger partial charge in [-0.05, 0) is 31.8 Å². The molecule has 2 fully saturated rings. The SMILES string of the molecule is CCCNC(CC1CCC1)C1CN(CC)CCO1. The third kappa shape index (κ3) is 3.94. The molecular formula is C15H30N2O. The topological polar surface area (TPSA) is 24.5 Å². The first-order valence-electron chi connectivity index (χ1n) is 7.90. The molecule has 1 aliphatic heterocycles. The van der Waals surface area contributed by atoms with Crippen molar-refractivity contribution in [2.45, 2.75) is 58.1 Å². The van der Waals surface area contributed by atoms with Gasteiger partial charge >= 0.3 is 0 Å². The molecule has 106 valence electrons. The monoisotopic (exact) mass is 254 g/mol. The van der Waals surface area contributed by atoms with Crippen LogP contribution in [0.3, 0.4) is 0 Å². The maximum atomic E-state index is 6.03. The van der Waals surface area contributed by atoms with E-state index in [1.165, 1.54) is 32.1 Å². The summed E-state index contributed by atoms with van der Waals surface area (Å²) in [6.07, 6.45) is 7.26. The first kappa shape index (κ1) is 14.3. The number of likely N-dealkylation sites (N-methyl/N-ethyl adjacent to an activating group) is 1. The van der Waals surface area contributed by atoms with E-state index in [1.54, 1.807) is 0 Å². The lowest BCUT2D eigenvalue weighted by molar-refractivity contribution is -0.0502. The molecule has 1 saturated heterocycles. The zero-order valence-electron chi connectivity index (χ0n) is 12.2. The summed E-state index contributed by atoms with van der Waals surface area (Å²) in [6.45, 7) is 9.92. The lowest BCUT2D eigenvalue weighted by Crippen LogP contribution is -2.53. The molecule has 0 aromatic carbocycles. The molecule has 3 heteroatoms. The van der Waals surface area contributed by atoms with Crippen LogP contribution >= 0.6 is 0 Å². The van der Waals surface area contributed by atoms with Crippen LogP contribution in [0.5, 0.6) is 0 Å². The van der Waals surface area contributed by atoms with Crippen molar-refractivity contribution in [3.05, 3.63) is 0 Å². The summed E-state index contributed by atoms with van der Waals surface area (Å²) in [4.78, 5) is 2.52. The van der Waals surface area contributed by atoms with E-state index < -0.39 is 0 Å². The van der Waals surface area contributed by atoms with Crippen molar-refractivity contribution in [1.29, 1.82) is 0 Å². The molecule has 0 bridgehead atoms. The second-order valence-electron chi connectivity index (χ2n) is 5.90. The molecule has 1 N–H and O–H groups in total. The van der Waals surface area contributed by atoms with E-state index in [4.69, 9.17) is 4.74 Å². The molecule has 0 radical (unpaired) electrons. The van der Waals surface area contributed by atoms with Crippen LogP contribution in [0, 0.1) is 5.92 Å². The van der Waals surface area contributed by atoms with Gasteiger partial charge in [-0.15, -0.1) is 0 Å². The predicted molar refractivity (Wildman–Crippen MR) is 75.9 cm³/mol. The first-order valence-corrected chi connectivity index (χ1v) is 7.90. The largest absolute Gasteiger partial charge is 0.374 e. The maximum absolute atomic E-state index is 6.03. The smallest absolute Gasteiger partial charge is 0.0855 e. The van der Waals surface area contributed by atoms with Crippen LogP contribution in [-0.4, -0.2) is 49.8 Å². The second kappa shape index (κ2) is 7.46. The van der Waals surface area contributed by atoms with Crippen molar-refractivity contribution < 1.29 is 4.74 Å². The number of hydrogen-bond donors (Lipinski definition) is 1. The average molecular weight is 254 g/mol. The minimum absolute atomic E-state index is 0.408. The quantitative estimate of drug-likeness (QED) is 0.754. The van der Waals surface area contributed by atoms with Gasteiger partial charge < -0.3 is 10.1 Å². The Kier molecular flexibility index (Phi) is 5.93. The average Bonchev–Trinajstić information content (AvgIpc) is 2.37. The van der Waals surface area contributed by atoms with Gasteiger partial charge in [0.05, 0.1) is 12.7 Å². The second-order valence-corrected chi connectivity index (χ2v) is 5.90. The summed E-state index contributed by atoms with van der Waals surface area (Å²) in [5.74, 6) is 0.958. The summed E-state index contributed by atoms with van der Waals surface area (Å²) >= 11 is 0. The summed E-state index contributed by atoms with van der Waals surface area (Å²) < 4.78 is 6.03. The van der Waals surface area contributed by atoms with E-state index in [0.717, 1.165) is 38.7 Å². The highest BCUT2D eigenvalue weighted by molar-refractivity contribution is 4.86. The number of morpholine rings is 1. The van der Waals surface area contributed by atoms with Gasteiger partial charge in [0.15, 0.2) is 0 Å². The van der Waals surface area contributed by atoms with Gasteiger partial charge in [0.2, 0.25) is 0 Å². The van der Waals surface area contributed by atoms with Crippen LogP contribution in [0.1, 0.15) is 46.0 Å². The fourth-order valence-corrected chi connectivity index (χ4v) is 3.05. The van der Waals surface area contributed by atoms with Crippen molar-refractivity contribution in [2.24, 2.45) is 5.92 Å². The van der Waals surface area contributed by atoms with E-state index in [0.29, 0.717) is 12.1 Å². The Morgan fingerprint density at radius 2 is 2.17 bits per heavy atom. The molecule has 2 unspecified atom stereocenters. The van der Waals surface area contributed by atoms with Gasteiger partial charge in [-0.25, -0.2) is 0 Å². The Balaban J connectivity index is 1.84. The van der Waals surface area contributed by atoms with Crippen LogP contribution in [0.2, 0.25) is 0 Å². The van der Waals surface area contributed by atoms with Crippen molar-refractivity contribution >= 4 is 0 Å². The van der Waals surface area contributed by atoms with Gasteiger partial charge in [-0.3, -0.25) is 4.90 Å². The fourth-order valence-electron chi connectivity index (χ4n) is 3.05. The van der Waals surface area contributed by atoms with Crippen molar-refractivity contribution in [2.75, 3.05) is 32.8 Å². The Morgan fingerprint density at radius 3 is 2.78 bits per heavy atom. The highest BCUT2D eigenvalue weighted by Gasteiger charge is 2.30. The molecule has 2 aliphatic rings. The molecule has 0 aromatic heterocycles. The molecule has 1 saturated carbocycles.